The Morgan fingerprint density at radius 3 is 2.51 bits per heavy atom. The van der Waals surface area contributed by atoms with Crippen LogP contribution < -0.4 is 16.4 Å². The smallest absolute Gasteiger partial charge is 0.366 e. The van der Waals surface area contributed by atoms with Crippen molar-refractivity contribution in [2.75, 3.05) is 12.3 Å². The van der Waals surface area contributed by atoms with Crippen LogP contribution in [0.25, 0.3) is 16.8 Å². The number of aromatic nitrogens is 3. The van der Waals surface area contributed by atoms with E-state index in [1.807, 2.05) is 13.8 Å². The number of amides is 2. The molecule has 0 bridgehead atoms. The minimum atomic E-state index is -4.84. The van der Waals surface area contributed by atoms with Crippen LogP contribution >= 0.6 is 11.3 Å². The van der Waals surface area contributed by atoms with Gasteiger partial charge in [-0.1, -0.05) is 30.3 Å². The molecule has 0 saturated carbocycles. The lowest BCUT2D eigenvalue weighted by Gasteiger charge is -2.19. The molecule has 4 N–H and O–H groups in total. The lowest BCUT2D eigenvalue weighted by molar-refractivity contribution is -0.326. The second-order valence-electron chi connectivity index (χ2n) is 8.40. The quantitative estimate of drug-likeness (QED) is 0.313. The van der Waals surface area contributed by atoms with Gasteiger partial charge in [-0.05, 0) is 42.5 Å². The van der Waals surface area contributed by atoms with Gasteiger partial charge in [-0.3, -0.25) is 14.3 Å². The largest absolute Gasteiger partial charge is 0.522 e. The van der Waals surface area contributed by atoms with E-state index in [4.69, 9.17) is 5.73 Å². The van der Waals surface area contributed by atoms with Gasteiger partial charge in [0.15, 0.2) is 5.65 Å². The number of thiophene rings is 1. The molecule has 0 radical (unpaired) electrons. The molecule has 1 unspecified atom stereocenters. The first-order chi connectivity index (χ1) is 17.5. The van der Waals surface area contributed by atoms with Crippen molar-refractivity contribution < 1.29 is 27.5 Å². The van der Waals surface area contributed by atoms with Crippen molar-refractivity contribution in [1.29, 1.82) is 0 Å². The Hall–Kier alpha value is -3.97. The Bertz CT molecular complexity index is 1420. The van der Waals surface area contributed by atoms with Gasteiger partial charge in [0.25, 0.3) is 11.8 Å². The molecule has 3 aromatic heterocycles. The van der Waals surface area contributed by atoms with Gasteiger partial charge >= 0.3 is 6.36 Å². The fourth-order valence-electron chi connectivity index (χ4n) is 3.59. The Morgan fingerprint density at radius 2 is 1.84 bits per heavy atom. The summed E-state index contributed by atoms with van der Waals surface area (Å²) >= 11 is 1.10. The van der Waals surface area contributed by atoms with Crippen molar-refractivity contribution in [3.63, 3.8) is 0 Å². The van der Waals surface area contributed by atoms with Crippen LogP contribution in [0.2, 0.25) is 0 Å². The van der Waals surface area contributed by atoms with E-state index in [1.54, 1.807) is 54.0 Å². The number of hydrogen-bond acceptors (Lipinski definition) is 7. The molecule has 194 valence electrons. The van der Waals surface area contributed by atoms with Crippen molar-refractivity contribution in [2.45, 2.75) is 32.3 Å². The van der Waals surface area contributed by atoms with Gasteiger partial charge in [0.05, 0.1) is 23.1 Å². The Balaban J connectivity index is 1.61. The summed E-state index contributed by atoms with van der Waals surface area (Å²) in [4.78, 5) is 30.1. The average Bonchev–Trinajstić information content (AvgIpc) is 3.46. The second kappa shape index (κ2) is 10.6. The normalized spacial score (nSPS) is 12.6. The highest BCUT2D eigenvalue weighted by molar-refractivity contribution is 7.12. The van der Waals surface area contributed by atoms with E-state index in [0.29, 0.717) is 16.7 Å². The van der Waals surface area contributed by atoms with Gasteiger partial charge in [-0.2, -0.15) is 4.98 Å². The van der Waals surface area contributed by atoms with Gasteiger partial charge in [0.1, 0.15) is 0 Å². The highest BCUT2D eigenvalue weighted by atomic mass is 32.1. The van der Waals surface area contributed by atoms with Gasteiger partial charge in [0.2, 0.25) is 5.95 Å². The third kappa shape index (κ3) is 6.43. The maximum Gasteiger partial charge on any atom is 0.522 e. The molecule has 3 heterocycles. The first kappa shape index (κ1) is 26.1. The number of hydrogen-bond donors (Lipinski definition) is 3. The second-order valence-corrected chi connectivity index (χ2v) is 9.31. The van der Waals surface area contributed by atoms with E-state index in [2.05, 4.69) is 25.5 Å². The number of rotatable bonds is 8. The van der Waals surface area contributed by atoms with E-state index in [-0.39, 0.29) is 34.0 Å². The zero-order valence-electron chi connectivity index (χ0n) is 19.7. The van der Waals surface area contributed by atoms with Crippen molar-refractivity contribution in [3.05, 3.63) is 70.0 Å². The highest BCUT2D eigenvalue weighted by Gasteiger charge is 2.31. The van der Waals surface area contributed by atoms with E-state index in [1.165, 1.54) is 4.52 Å². The molecule has 4 aromatic rings. The summed E-state index contributed by atoms with van der Waals surface area (Å²) in [5, 5.41) is 11.2. The fourth-order valence-corrected chi connectivity index (χ4v) is 4.41. The summed E-state index contributed by atoms with van der Waals surface area (Å²) in [7, 11) is 0. The van der Waals surface area contributed by atoms with Crippen LogP contribution in [0.1, 0.15) is 45.5 Å². The maximum absolute atomic E-state index is 13.0. The lowest BCUT2D eigenvalue weighted by atomic mass is 10.1. The SMILES string of the molecule is CC(C)NC(=O)c1cc(-c2csc(C(=O)NC(COC(F)(F)F)c3ccccc3)c2)cn2nc(N)nc12. The molecule has 1 aromatic carbocycles. The summed E-state index contributed by atoms with van der Waals surface area (Å²) in [6.45, 7) is 2.86. The monoisotopic (exact) mass is 532 g/mol. The average molecular weight is 533 g/mol. The number of nitrogen functional groups attached to an aromatic ring is 1. The van der Waals surface area contributed by atoms with E-state index < -0.39 is 24.9 Å². The minimum absolute atomic E-state index is 0.00541. The van der Waals surface area contributed by atoms with E-state index in [9.17, 15) is 22.8 Å². The van der Waals surface area contributed by atoms with Crippen molar-refractivity contribution >= 4 is 34.7 Å². The van der Waals surface area contributed by atoms with Crippen LogP contribution in [0, 0.1) is 0 Å². The zero-order chi connectivity index (χ0) is 26.7. The molecule has 13 heteroatoms. The molecule has 0 spiro atoms. The molecule has 37 heavy (non-hydrogen) atoms. The van der Waals surface area contributed by atoms with Crippen molar-refractivity contribution in [3.8, 4) is 11.1 Å². The number of halogens is 3. The summed E-state index contributed by atoms with van der Waals surface area (Å²) in [6, 6.07) is 10.3. The molecular weight excluding hydrogens is 509 g/mol. The number of benzene rings is 1. The number of fused-ring (bicyclic) bond motifs is 1. The van der Waals surface area contributed by atoms with Crippen LogP contribution in [0.15, 0.2) is 54.0 Å². The summed E-state index contributed by atoms with van der Waals surface area (Å²) in [6.07, 6.45) is -3.21. The maximum atomic E-state index is 13.0. The number of nitrogens with one attached hydrogen (secondary N) is 2. The molecule has 0 fully saturated rings. The van der Waals surface area contributed by atoms with Gasteiger partial charge < -0.3 is 16.4 Å². The first-order valence-electron chi connectivity index (χ1n) is 11.1. The Kier molecular flexibility index (Phi) is 7.45. The molecule has 0 aliphatic rings. The van der Waals surface area contributed by atoms with Crippen LogP contribution in [0.4, 0.5) is 19.1 Å². The van der Waals surface area contributed by atoms with E-state index in [0.717, 1.165) is 11.3 Å². The first-order valence-corrected chi connectivity index (χ1v) is 12.0. The Morgan fingerprint density at radius 1 is 1.11 bits per heavy atom. The zero-order valence-corrected chi connectivity index (χ0v) is 20.6. The van der Waals surface area contributed by atoms with Crippen LogP contribution in [-0.2, 0) is 4.74 Å². The molecular formula is C24H23F3N6O3S. The van der Waals surface area contributed by atoms with Gasteiger partial charge in [0, 0.05) is 17.8 Å². The highest BCUT2D eigenvalue weighted by Crippen LogP contribution is 2.29. The molecule has 4 rings (SSSR count). The van der Waals surface area contributed by atoms with Crippen LogP contribution in [-0.4, -0.2) is 45.4 Å². The van der Waals surface area contributed by atoms with Crippen molar-refractivity contribution in [2.24, 2.45) is 0 Å². The third-order valence-electron chi connectivity index (χ3n) is 5.19. The van der Waals surface area contributed by atoms with Gasteiger partial charge in [-0.15, -0.1) is 29.6 Å². The van der Waals surface area contributed by atoms with Crippen molar-refractivity contribution in [1.82, 2.24) is 25.2 Å². The minimum Gasteiger partial charge on any atom is -0.366 e. The van der Waals surface area contributed by atoms with E-state index >= 15 is 0 Å². The fraction of sp³-hybridized carbons (Fsp3) is 0.250. The molecule has 2 amide bonds. The summed E-state index contributed by atoms with van der Waals surface area (Å²) in [5.41, 5.74) is 7.90. The number of nitrogens with zero attached hydrogens (tertiary/aromatic N) is 3. The predicted octanol–water partition coefficient (Wildman–Crippen LogP) is 4.19. The molecule has 0 aliphatic heterocycles. The summed E-state index contributed by atoms with van der Waals surface area (Å²) < 4.78 is 43.4. The molecule has 0 saturated heterocycles. The molecule has 1 atom stereocenters. The van der Waals surface area contributed by atoms with Crippen LogP contribution in [0.5, 0.6) is 0 Å². The number of alkyl halides is 3. The van der Waals surface area contributed by atoms with Gasteiger partial charge in [-0.25, -0.2) is 4.52 Å². The Labute approximate surface area is 213 Å². The standard InChI is InChI=1S/C24H23F3N6O3S/c1-13(2)29-21(34)17-8-15(10-33-20(17)31-23(28)32-33)16-9-19(37-12-16)22(35)30-18(11-36-24(25,26)27)14-6-4-3-5-7-14/h3-10,12-13,18H,11H2,1-2H3,(H2,28,32)(H,29,34)(H,30,35). The number of carbonyl (C=O) groups excluding carboxylic acids is 2. The number of carbonyl (C=O) groups is 2. The summed E-state index contributed by atoms with van der Waals surface area (Å²) in [5.74, 6) is -0.938. The van der Waals surface area contributed by atoms with Crippen LogP contribution in [0.3, 0.4) is 0 Å². The molecule has 0 aliphatic carbocycles. The lowest BCUT2D eigenvalue weighted by Crippen LogP contribution is -2.33. The molecule has 9 nitrogen and oxygen atoms in total. The number of nitrogens with two attached hydrogens (primary N) is 1. The number of pyridine rings is 1. The predicted molar refractivity (Wildman–Crippen MR) is 132 cm³/mol. The number of ether oxygens (including phenoxy) is 1. The third-order valence-corrected chi connectivity index (χ3v) is 6.12. The number of anilines is 1. The topological polar surface area (TPSA) is 124 Å².